The quantitative estimate of drug-likeness (QED) is 0.790. The number of carbonyl (C=O) groups excluding carboxylic acids is 2. The molecule has 1 saturated carbocycles. The molecule has 1 aromatic carbocycles. The van der Waals surface area contributed by atoms with Crippen molar-refractivity contribution < 1.29 is 28.9 Å². The number of carbonyl (C=O) groups is 2. The van der Waals surface area contributed by atoms with Crippen LogP contribution in [0.4, 0.5) is 0 Å². The van der Waals surface area contributed by atoms with Gasteiger partial charge in [-0.25, -0.2) is 0 Å². The van der Waals surface area contributed by atoms with Crippen LogP contribution < -0.4 is 9.47 Å². The third-order valence-corrected chi connectivity index (χ3v) is 6.82. The number of nitrogens with zero attached hydrogens (tertiary/aromatic N) is 1. The molecule has 0 bridgehead atoms. The molecule has 1 amide bonds. The van der Waals surface area contributed by atoms with Gasteiger partial charge in [0.1, 0.15) is 5.41 Å². The van der Waals surface area contributed by atoms with E-state index < -0.39 is 23.0 Å². The summed E-state index contributed by atoms with van der Waals surface area (Å²) in [5.74, 6) is 0.305. The average molecular weight is 389 g/mol. The van der Waals surface area contributed by atoms with Crippen LogP contribution in [0.5, 0.6) is 11.5 Å². The minimum atomic E-state index is -1.40. The second-order valence-electron chi connectivity index (χ2n) is 7.77. The molecule has 2 fully saturated rings. The summed E-state index contributed by atoms with van der Waals surface area (Å²) >= 11 is 0. The van der Waals surface area contributed by atoms with Gasteiger partial charge in [-0.05, 0) is 49.4 Å². The van der Waals surface area contributed by atoms with Crippen LogP contribution >= 0.6 is 0 Å². The van der Waals surface area contributed by atoms with E-state index in [-0.39, 0.29) is 12.5 Å². The zero-order valence-corrected chi connectivity index (χ0v) is 16.6. The van der Waals surface area contributed by atoms with Gasteiger partial charge in [0.2, 0.25) is 0 Å². The number of esters is 1. The Labute approximate surface area is 164 Å². The lowest BCUT2D eigenvalue weighted by Gasteiger charge is -2.53. The van der Waals surface area contributed by atoms with Crippen LogP contribution in [0.15, 0.2) is 12.1 Å². The Bertz CT molecular complexity index is 823. The third kappa shape index (κ3) is 2.14. The van der Waals surface area contributed by atoms with Crippen molar-refractivity contribution in [3.63, 3.8) is 0 Å². The molecule has 3 aliphatic rings. The molecule has 2 heterocycles. The monoisotopic (exact) mass is 389 g/mol. The molecule has 7 nitrogen and oxygen atoms in total. The van der Waals surface area contributed by atoms with Gasteiger partial charge >= 0.3 is 5.97 Å². The van der Waals surface area contributed by atoms with E-state index in [1.807, 2.05) is 12.1 Å². The molecule has 4 rings (SSSR count). The standard InChI is InChI=1S/C21H27NO6/c1-4-28-19(25)20-8-5-6-9-21(20)14-12-16(27-3)15(26-2)11-13(14)7-10-22(21)18(24)17(20)23/h11-12,17,23H,4-10H2,1-3H3/t17-,20+,21-/m1/s1. The van der Waals surface area contributed by atoms with Crippen molar-refractivity contribution in [3.05, 3.63) is 23.3 Å². The molecule has 1 aliphatic carbocycles. The number of methoxy groups -OCH3 is 2. The zero-order valence-electron chi connectivity index (χ0n) is 16.6. The fraction of sp³-hybridized carbons (Fsp3) is 0.619. The number of rotatable bonds is 4. The summed E-state index contributed by atoms with van der Waals surface area (Å²) in [6, 6.07) is 3.81. The van der Waals surface area contributed by atoms with Crippen LogP contribution in [0.2, 0.25) is 0 Å². The van der Waals surface area contributed by atoms with E-state index in [2.05, 4.69) is 0 Å². The predicted octanol–water partition coefficient (Wildman–Crippen LogP) is 1.78. The number of aliphatic hydroxyl groups is 1. The molecule has 1 saturated heterocycles. The van der Waals surface area contributed by atoms with E-state index in [4.69, 9.17) is 14.2 Å². The first-order chi connectivity index (χ1) is 13.5. The summed E-state index contributed by atoms with van der Waals surface area (Å²) < 4.78 is 16.4. The molecule has 0 aromatic heterocycles. The lowest BCUT2D eigenvalue weighted by Crippen LogP contribution is -2.61. The molecule has 2 aliphatic heterocycles. The number of amides is 1. The summed E-state index contributed by atoms with van der Waals surface area (Å²) in [6.07, 6.45) is 1.90. The first-order valence-electron chi connectivity index (χ1n) is 9.90. The van der Waals surface area contributed by atoms with E-state index in [0.717, 1.165) is 24.0 Å². The van der Waals surface area contributed by atoms with Crippen LogP contribution in [0, 0.1) is 5.41 Å². The molecule has 1 N–H and O–H groups in total. The third-order valence-electron chi connectivity index (χ3n) is 6.82. The van der Waals surface area contributed by atoms with Gasteiger partial charge in [0.25, 0.3) is 5.91 Å². The van der Waals surface area contributed by atoms with E-state index >= 15 is 0 Å². The van der Waals surface area contributed by atoms with Crippen LogP contribution in [-0.2, 0) is 26.3 Å². The van der Waals surface area contributed by atoms with Crippen molar-refractivity contribution in [1.29, 1.82) is 0 Å². The van der Waals surface area contributed by atoms with Crippen LogP contribution in [0.1, 0.15) is 43.7 Å². The maximum Gasteiger partial charge on any atom is 0.318 e. The fourth-order valence-corrected chi connectivity index (χ4v) is 5.71. The normalized spacial score (nSPS) is 30.9. The lowest BCUT2D eigenvalue weighted by atomic mass is 9.56. The topological polar surface area (TPSA) is 85.3 Å². The molecular weight excluding hydrogens is 362 g/mol. The molecule has 152 valence electrons. The van der Waals surface area contributed by atoms with Crippen molar-refractivity contribution in [2.24, 2.45) is 5.41 Å². The van der Waals surface area contributed by atoms with E-state index in [0.29, 0.717) is 37.3 Å². The van der Waals surface area contributed by atoms with Crippen molar-refractivity contribution in [2.45, 2.75) is 50.7 Å². The summed E-state index contributed by atoms with van der Waals surface area (Å²) in [5, 5.41) is 11.1. The highest BCUT2D eigenvalue weighted by Gasteiger charge is 2.74. The maximum absolute atomic E-state index is 13.3. The largest absolute Gasteiger partial charge is 0.493 e. The van der Waals surface area contributed by atoms with E-state index in [1.54, 1.807) is 26.0 Å². The summed E-state index contributed by atoms with van der Waals surface area (Å²) in [6.45, 7) is 2.41. The Balaban J connectivity index is 2.01. The second kappa shape index (κ2) is 6.65. The van der Waals surface area contributed by atoms with Gasteiger partial charge in [-0.15, -0.1) is 0 Å². The predicted molar refractivity (Wildman–Crippen MR) is 100 cm³/mol. The van der Waals surface area contributed by atoms with Gasteiger partial charge in [0.15, 0.2) is 17.6 Å². The molecule has 0 radical (unpaired) electrons. The summed E-state index contributed by atoms with van der Waals surface area (Å²) in [7, 11) is 3.15. The Hall–Kier alpha value is -2.28. The van der Waals surface area contributed by atoms with E-state index in [9.17, 15) is 14.7 Å². The number of fused-ring (bicyclic) bond motifs is 1. The Morgan fingerprint density at radius 1 is 1.21 bits per heavy atom. The van der Waals surface area contributed by atoms with Crippen LogP contribution in [0.3, 0.4) is 0 Å². The van der Waals surface area contributed by atoms with Crippen LogP contribution in [-0.4, -0.2) is 55.4 Å². The fourth-order valence-electron chi connectivity index (χ4n) is 5.71. The second-order valence-corrected chi connectivity index (χ2v) is 7.77. The van der Waals surface area contributed by atoms with E-state index in [1.165, 1.54) is 0 Å². The molecule has 0 unspecified atom stereocenters. The van der Waals surface area contributed by atoms with Crippen molar-refractivity contribution in [3.8, 4) is 11.5 Å². The smallest absolute Gasteiger partial charge is 0.318 e. The Morgan fingerprint density at radius 3 is 2.57 bits per heavy atom. The number of aliphatic hydroxyl groups excluding tert-OH is 1. The van der Waals surface area contributed by atoms with Gasteiger partial charge in [0.05, 0.1) is 26.4 Å². The molecule has 7 heteroatoms. The number of hydrogen-bond donors (Lipinski definition) is 1. The minimum Gasteiger partial charge on any atom is -0.493 e. The summed E-state index contributed by atoms with van der Waals surface area (Å²) in [5.41, 5.74) is -0.325. The molecular formula is C21H27NO6. The number of ether oxygens (including phenoxy) is 3. The molecule has 1 aromatic rings. The maximum atomic E-state index is 13.3. The first-order valence-corrected chi connectivity index (χ1v) is 9.90. The zero-order chi connectivity index (χ0) is 20.1. The highest BCUT2D eigenvalue weighted by molar-refractivity contribution is 5.97. The van der Waals surface area contributed by atoms with Gasteiger partial charge in [-0.3, -0.25) is 9.59 Å². The van der Waals surface area contributed by atoms with Crippen LogP contribution in [0.25, 0.3) is 0 Å². The van der Waals surface area contributed by atoms with Gasteiger partial charge in [-0.2, -0.15) is 0 Å². The minimum absolute atomic E-state index is 0.205. The SMILES string of the molecule is CCOC(=O)[C@@]12CCCC[C@@]13c1cc(OC)c(OC)cc1CCN3C(=O)[C@H]2O. The van der Waals surface area contributed by atoms with Crippen molar-refractivity contribution >= 4 is 11.9 Å². The van der Waals surface area contributed by atoms with Gasteiger partial charge in [-0.1, -0.05) is 12.8 Å². The highest BCUT2D eigenvalue weighted by atomic mass is 16.5. The highest BCUT2D eigenvalue weighted by Crippen LogP contribution is 2.63. The van der Waals surface area contributed by atoms with Crippen molar-refractivity contribution in [2.75, 3.05) is 27.4 Å². The number of benzene rings is 1. The van der Waals surface area contributed by atoms with Gasteiger partial charge in [0, 0.05) is 6.54 Å². The lowest BCUT2D eigenvalue weighted by molar-refractivity contribution is -0.174. The molecule has 3 atom stereocenters. The number of hydrogen-bond acceptors (Lipinski definition) is 6. The molecule has 1 spiro atoms. The first kappa shape index (κ1) is 19.1. The summed E-state index contributed by atoms with van der Waals surface area (Å²) in [4.78, 5) is 28.1. The van der Waals surface area contributed by atoms with Crippen molar-refractivity contribution in [1.82, 2.24) is 4.90 Å². The Kier molecular flexibility index (Phi) is 4.53. The average Bonchev–Trinajstić information content (AvgIpc) is 2.92. The molecule has 28 heavy (non-hydrogen) atoms. The van der Waals surface area contributed by atoms with Gasteiger partial charge < -0.3 is 24.2 Å². The Morgan fingerprint density at radius 2 is 1.89 bits per heavy atom.